The van der Waals surface area contributed by atoms with Crippen LogP contribution in [0.15, 0.2) is 54.7 Å². The number of nitrogens with one attached hydrogen (secondary N) is 1. The summed E-state index contributed by atoms with van der Waals surface area (Å²) in [6.45, 7) is 1.87. The molecule has 1 atom stereocenters. The molecule has 30 heavy (non-hydrogen) atoms. The molecule has 1 aromatic carbocycles. The van der Waals surface area contributed by atoms with Gasteiger partial charge in [-0.25, -0.2) is 4.39 Å². The molecule has 2 fully saturated rings. The number of likely N-dealkylation sites (tertiary alicyclic amines) is 1. The number of piperidine rings is 1. The Labute approximate surface area is 176 Å². The van der Waals surface area contributed by atoms with Crippen molar-refractivity contribution >= 4 is 17.9 Å². The number of carbonyl (C=O) groups is 2. The summed E-state index contributed by atoms with van der Waals surface area (Å²) < 4.78 is 13.7. The van der Waals surface area contributed by atoms with Gasteiger partial charge in [-0.2, -0.15) is 0 Å². The van der Waals surface area contributed by atoms with Crippen molar-refractivity contribution in [1.82, 2.24) is 15.2 Å². The first-order chi connectivity index (χ1) is 14.6. The molecule has 2 aromatic rings. The monoisotopic (exact) mass is 407 g/mol. The summed E-state index contributed by atoms with van der Waals surface area (Å²) in [4.78, 5) is 31.0. The van der Waals surface area contributed by atoms with Crippen molar-refractivity contribution in [3.63, 3.8) is 0 Å². The van der Waals surface area contributed by atoms with Crippen LogP contribution >= 0.6 is 0 Å². The lowest BCUT2D eigenvalue weighted by Crippen LogP contribution is -2.40. The first kappa shape index (κ1) is 20.3. The molecule has 1 saturated heterocycles. The highest BCUT2D eigenvalue weighted by Gasteiger charge is 2.58. The van der Waals surface area contributed by atoms with E-state index in [2.05, 4.69) is 10.3 Å². The lowest BCUT2D eigenvalue weighted by Gasteiger charge is -2.32. The maximum Gasteiger partial charge on any atom is 0.246 e. The highest BCUT2D eigenvalue weighted by molar-refractivity contribution is 5.92. The summed E-state index contributed by atoms with van der Waals surface area (Å²) in [6, 6.07) is 12.2. The lowest BCUT2D eigenvalue weighted by molar-refractivity contribution is -0.127. The summed E-state index contributed by atoms with van der Waals surface area (Å²) in [5, 5.41) is 3.04. The Kier molecular flexibility index (Phi) is 5.93. The second-order valence-electron chi connectivity index (χ2n) is 8.16. The van der Waals surface area contributed by atoms with E-state index in [9.17, 15) is 14.0 Å². The quantitative estimate of drug-likeness (QED) is 0.748. The van der Waals surface area contributed by atoms with Gasteiger partial charge in [0, 0.05) is 55.5 Å². The zero-order valence-electron chi connectivity index (χ0n) is 16.9. The minimum Gasteiger partial charge on any atom is -0.355 e. The van der Waals surface area contributed by atoms with Gasteiger partial charge in [0.25, 0.3) is 0 Å². The Bertz CT molecular complexity index is 936. The predicted molar refractivity (Wildman–Crippen MR) is 113 cm³/mol. The SMILES string of the molecule is O=C(NCCc1ccccn1)[C@H]1CC12CCN(C(=O)/C=C/c1ccccc1F)CC2. The lowest BCUT2D eigenvalue weighted by atomic mass is 9.90. The molecule has 0 bridgehead atoms. The molecule has 1 spiro atoms. The number of carbonyl (C=O) groups excluding carboxylic acids is 2. The predicted octanol–water partition coefficient (Wildman–Crippen LogP) is 3.22. The van der Waals surface area contributed by atoms with Gasteiger partial charge in [0.05, 0.1) is 0 Å². The number of pyridine rings is 1. The molecule has 0 unspecified atom stereocenters. The Morgan fingerprint density at radius 2 is 1.93 bits per heavy atom. The molecule has 2 aliphatic rings. The van der Waals surface area contributed by atoms with E-state index >= 15 is 0 Å². The van der Waals surface area contributed by atoms with E-state index in [-0.39, 0.29) is 29.0 Å². The van der Waals surface area contributed by atoms with Crippen LogP contribution in [0.4, 0.5) is 4.39 Å². The number of aromatic nitrogens is 1. The molecule has 2 amide bonds. The van der Waals surface area contributed by atoms with Crippen LogP contribution in [0.3, 0.4) is 0 Å². The fraction of sp³-hybridized carbons (Fsp3) is 0.375. The fourth-order valence-electron chi connectivity index (χ4n) is 4.30. The number of nitrogens with zero attached hydrogens (tertiary/aromatic N) is 2. The molecule has 5 nitrogen and oxygen atoms in total. The van der Waals surface area contributed by atoms with Crippen molar-refractivity contribution in [2.24, 2.45) is 11.3 Å². The third-order valence-electron chi connectivity index (χ3n) is 6.29. The summed E-state index contributed by atoms with van der Waals surface area (Å²) in [6.07, 6.45) is 8.02. The van der Waals surface area contributed by atoms with E-state index in [0.717, 1.165) is 31.4 Å². The normalized spacial score (nSPS) is 19.8. The number of hydrogen-bond donors (Lipinski definition) is 1. The van der Waals surface area contributed by atoms with Gasteiger partial charge in [-0.05, 0) is 49.0 Å². The van der Waals surface area contributed by atoms with Crippen LogP contribution in [0, 0.1) is 17.2 Å². The van der Waals surface area contributed by atoms with Crippen LogP contribution in [-0.2, 0) is 16.0 Å². The summed E-state index contributed by atoms with van der Waals surface area (Å²) in [5.41, 5.74) is 1.42. The van der Waals surface area contributed by atoms with Gasteiger partial charge in [0.15, 0.2) is 0 Å². The highest BCUT2D eigenvalue weighted by Crippen LogP contribution is 2.59. The highest BCUT2D eigenvalue weighted by atomic mass is 19.1. The fourth-order valence-corrected chi connectivity index (χ4v) is 4.30. The molecule has 1 aromatic heterocycles. The van der Waals surface area contributed by atoms with Gasteiger partial charge in [-0.15, -0.1) is 0 Å². The summed E-state index contributed by atoms with van der Waals surface area (Å²) in [5.74, 6) is -0.281. The molecule has 4 rings (SSSR count). The van der Waals surface area contributed by atoms with Crippen molar-refractivity contribution in [3.05, 3.63) is 71.8 Å². The van der Waals surface area contributed by atoms with Crippen LogP contribution in [0.5, 0.6) is 0 Å². The van der Waals surface area contributed by atoms with Crippen LogP contribution in [-0.4, -0.2) is 41.3 Å². The minimum absolute atomic E-state index is 0.0428. The van der Waals surface area contributed by atoms with Crippen molar-refractivity contribution in [1.29, 1.82) is 0 Å². The molecule has 1 aliphatic heterocycles. The van der Waals surface area contributed by atoms with Crippen molar-refractivity contribution in [3.8, 4) is 0 Å². The van der Waals surface area contributed by atoms with Crippen LogP contribution in [0.25, 0.3) is 6.08 Å². The maximum absolute atomic E-state index is 13.7. The first-order valence-electron chi connectivity index (χ1n) is 10.5. The molecule has 156 valence electrons. The Morgan fingerprint density at radius 3 is 2.67 bits per heavy atom. The molecule has 1 aliphatic carbocycles. The standard InChI is InChI=1S/C24H26FN3O2/c25-21-7-2-1-5-18(21)8-9-22(29)28-15-11-24(12-16-28)17-20(24)23(30)27-14-10-19-6-3-4-13-26-19/h1-9,13,20H,10-12,14-17H2,(H,27,30)/b9-8+/t20-/m1/s1. The molecule has 1 saturated carbocycles. The molecule has 6 heteroatoms. The van der Waals surface area contributed by atoms with Gasteiger partial charge >= 0.3 is 0 Å². The van der Waals surface area contributed by atoms with E-state index in [1.54, 1.807) is 29.3 Å². The zero-order valence-corrected chi connectivity index (χ0v) is 16.9. The third-order valence-corrected chi connectivity index (χ3v) is 6.29. The van der Waals surface area contributed by atoms with E-state index in [1.165, 1.54) is 18.2 Å². The summed E-state index contributed by atoms with van der Waals surface area (Å²) in [7, 11) is 0. The van der Waals surface area contributed by atoms with Gasteiger partial charge in [-0.1, -0.05) is 24.3 Å². The maximum atomic E-state index is 13.7. The average Bonchev–Trinajstić information content (AvgIpc) is 3.47. The van der Waals surface area contributed by atoms with Gasteiger partial charge in [-0.3, -0.25) is 14.6 Å². The number of halogens is 1. The number of amides is 2. The number of rotatable bonds is 6. The number of benzene rings is 1. The van der Waals surface area contributed by atoms with Crippen molar-refractivity contribution in [2.45, 2.75) is 25.7 Å². The van der Waals surface area contributed by atoms with Crippen LogP contribution in [0.2, 0.25) is 0 Å². The molecular weight excluding hydrogens is 381 g/mol. The zero-order chi connectivity index (χ0) is 21.0. The van der Waals surface area contributed by atoms with E-state index in [4.69, 9.17) is 0 Å². The second kappa shape index (κ2) is 8.78. The smallest absolute Gasteiger partial charge is 0.246 e. The van der Waals surface area contributed by atoms with Crippen molar-refractivity contribution in [2.75, 3.05) is 19.6 Å². The molecular formula is C24H26FN3O2. The van der Waals surface area contributed by atoms with Crippen LogP contribution in [0.1, 0.15) is 30.5 Å². The van der Waals surface area contributed by atoms with Crippen molar-refractivity contribution < 1.29 is 14.0 Å². The van der Waals surface area contributed by atoms with E-state index in [0.29, 0.717) is 25.2 Å². The van der Waals surface area contributed by atoms with E-state index in [1.807, 2.05) is 18.2 Å². The summed E-state index contributed by atoms with van der Waals surface area (Å²) >= 11 is 0. The average molecular weight is 407 g/mol. The van der Waals surface area contributed by atoms with Crippen LogP contribution < -0.4 is 5.32 Å². The molecule has 0 radical (unpaired) electrons. The molecule has 2 heterocycles. The molecule has 1 N–H and O–H groups in total. The van der Waals surface area contributed by atoms with Gasteiger partial charge < -0.3 is 10.2 Å². The second-order valence-corrected chi connectivity index (χ2v) is 8.16. The Morgan fingerprint density at radius 1 is 1.17 bits per heavy atom. The topological polar surface area (TPSA) is 62.3 Å². The number of hydrogen-bond acceptors (Lipinski definition) is 3. The Hall–Kier alpha value is -3.02. The van der Waals surface area contributed by atoms with Gasteiger partial charge in [0.1, 0.15) is 5.82 Å². The Balaban J connectivity index is 1.22. The largest absolute Gasteiger partial charge is 0.355 e. The minimum atomic E-state index is -0.339. The van der Waals surface area contributed by atoms with E-state index < -0.39 is 0 Å². The first-order valence-corrected chi connectivity index (χ1v) is 10.5. The van der Waals surface area contributed by atoms with Gasteiger partial charge in [0.2, 0.25) is 11.8 Å². The third kappa shape index (κ3) is 4.58.